The molecule has 5 heterocycles. The van der Waals surface area contributed by atoms with Gasteiger partial charge >= 0.3 is 6.18 Å². The van der Waals surface area contributed by atoms with Crippen molar-refractivity contribution in [2.45, 2.75) is 38.4 Å². The van der Waals surface area contributed by atoms with Gasteiger partial charge in [-0.3, -0.25) is 9.67 Å². The predicted octanol–water partition coefficient (Wildman–Crippen LogP) is 3.97. The average molecular weight is 461 g/mol. The molecule has 32 heavy (non-hydrogen) atoms. The first-order chi connectivity index (χ1) is 15.3. The van der Waals surface area contributed by atoms with E-state index in [0.717, 1.165) is 0 Å². The highest BCUT2D eigenvalue weighted by Crippen LogP contribution is 2.43. The van der Waals surface area contributed by atoms with Crippen molar-refractivity contribution in [3.63, 3.8) is 0 Å². The van der Waals surface area contributed by atoms with Gasteiger partial charge in [0.05, 0.1) is 29.9 Å². The lowest BCUT2D eigenvalue weighted by Crippen LogP contribution is -2.50. The molecule has 1 atom stereocenters. The van der Waals surface area contributed by atoms with Crippen LogP contribution in [-0.2, 0) is 5.54 Å². The van der Waals surface area contributed by atoms with Crippen LogP contribution in [0, 0.1) is 0 Å². The van der Waals surface area contributed by atoms with Crippen LogP contribution < -0.4 is 4.90 Å². The van der Waals surface area contributed by atoms with Crippen molar-refractivity contribution in [2.75, 3.05) is 11.4 Å². The van der Waals surface area contributed by atoms with Crippen LogP contribution in [0.2, 0.25) is 0 Å². The number of fused-ring (bicyclic) bond motifs is 3. The van der Waals surface area contributed by atoms with E-state index in [1.54, 1.807) is 28.1 Å². The molecule has 0 saturated heterocycles. The standard InChI is InChI=1S/C19H18F3N9S/c1-3-18(2)17-29-26-10-30(17)12-9-24-14(27-15(12)31(18)6-4-19(20,21)22)11-8-25-28-13(11)16-23-5-7-32-16/h5,7-10H,3-4,6H2,1-2H3,(H,25,28). The number of anilines is 1. The van der Waals surface area contributed by atoms with Gasteiger partial charge in [0.2, 0.25) is 0 Å². The SMILES string of the molecule is CCC1(C)c2nncn2-c2cnc(-c3cn[nH]c3-c3nccs3)nc2N1CCC(F)(F)F. The molecular formula is C19H18F3N9S. The first-order valence-electron chi connectivity index (χ1n) is 9.87. The molecule has 0 radical (unpaired) electrons. The van der Waals surface area contributed by atoms with E-state index in [2.05, 4.69) is 30.4 Å². The molecule has 1 N–H and O–H groups in total. The van der Waals surface area contributed by atoms with Crippen molar-refractivity contribution >= 4 is 17.2 Å². The number of aromatic nitrogens is 8. The van der Waals surface area contributed by atoms with E-state index >= 15 is 0 Å². The molecule has 13 heteroatoms. The molecule has 166 valence electrons. The summed E-state index contributed by atoms with van der Waals surface area (Å²) in [6, 6.07) is 0. The lowest BCUT2D eigenvalue weighted by molar-refractivity contribution is -0.133. The Morgan fingerprint density at radius 1 is 1.22 bits per heavy atom. The van der Waals surface area contributed by atoms with Crippen LogP contribution in [0.15, 0.2) is 30.3 Å². The molecule has 0 spiro atoms. The van der Waals surface area contributed by atoms with Crippen LogP contribution in [0.1, 0.15) is 32.5 Å². The smallest absolute Gasteiger partial charge is 0.342 e. The van der Waals surface area contributed by atoms with E-state index in [1.807, 2.05) is 19.2 Å². The number of nitrogens with one attached hydrogen (secondary N) is 1. The molecule has 0 aromatic carbocycles. The molecule has 9 nitrogen and oxygen atoms in total. The van der Waals surface area contributed by atoms with Gasteiger partial charge < -0.3 is 4.90 Å². The second kappa shape index (κ2) is 7.36. The van der Waals surface area contributed by atoms with Gasteiger partial charge in [0.25, 0.3) is 0 Å². The van der Waals surface area contributed by atoms with E-state index in [-0.39, 0.29) is 6.54 Å². The molecule has 0 aliphatic carbocycles. The third-order valence-electron chi connectivity index (χ3n) is 5.72. The van der Waals surface area contributed by atoms with Crippen LogP contribution >= 0.6 is 11.3 Å². The second-order valence-electron chi connectivity index (χ2n) is 7.57. The lowest BCUT2D eigenvalue weighted by Gasteiger charge is -2.45. The minimum absolute atomic E-state index is 0.269. The first-order valence-corrected chi connectivity index (χ1v) is 10.8. The highest BCUT2D eigenvalue weighted by molar-refractivity contribution is 7.13. The van der Waals surface area contributed by atoms with Crippen LogP contribution in [0.5, 0.6) is 0 Å². The fraction of sp³-hybridized carbons (Fsp3) is 0.368. The Morgan fingerprint density at radius 3 is 2.78 bits per heavy atom. The minimum Gasteiger partial charge on any atom is -0.342 e. The van der Waals surface area contributed by atoms with E-state index in [4.69, 9.17) is 4.98 Å². The lowest BCUT2D eigenvalue weighted by atomic mass is 9.92. The summed E-state index contributed by atoms with van der Waals surface area (Å²) in [4.78, 5) is 15.2. The van der Waals surface area contributed by atoms with Gasteiger partial charge in [-0.1, -0.05) is 6.92 Å². The molecule has 0 saturated carbocycles. The zero-order valence-electron chi connectivity index (χ0n) is 17.1. The largest absolute Gasteiger partial charge is 0.390 e. The maximum atomic E-state index is 13.2. The first kappa shape index (κ1) is 20.5. The monoisotopic (exact) mass is 461 g/mol. The molecule has 0 amide bonds. The summed E-state index contributed by atoms with van der Waals surface area (Å²) >= 11 is 1.43. The zero-order chi connectivity index (χ0) is 22.5. The Labute approximate surface area is 184 Å². The number of rotatable bonds is 5. The summed E-state index contributed by atoms with van der Waals surface area (Å²) < 4.78 is 41.3. The van der Waals surface area contributed by atoms with Crippen LogP contribution in [0.4, 0.5) is 19.0 Å². The number of hydrogen-bond donors (Lipinski definition) is 1. The number of aromatic amines is 1. The van der Waals surface area contributed by atoms with E-state index in [9.17, 15) is 13.2 Å². The molecule has 4 aromatic heterocycles. The normalized spacial score (nSPS) is 18.0. The van der Waals surface area contributed by atoms with Crippen molar-refractivity contribution in [1.29, 1.82) is 0 Å². The summed E-state index contributed by atoms with van der Waals surface area (Å²) in [7, 11) is 0. The van der Waals surface area contributed by atoms with Gasteiger partial charge in [-0.15, -0.1) is 21.5 Å². The number of hydrogen-bond acceptors (Lipinski definition) is 8. The quantitative estimate of drug-likeness (QED) is 0.480. The maximum Gasteiger partial charge on any atom is 0.390 e. The highest BCUT2D eigenvalue weighted by atomic mass is 32.1. The van der Waals surface area contributed by atoms with Crippen LogP contribution in [0.3, 0.4) is 0 Å². The van der Waals surface area contributed by atoms with Crippen molar-refractivity contribution in [2.24, 2.45) is 0 Å². The Bertz CT molecular complexity index is 1250. The Kier molecular flexibility index (Phi) is 4.73. The molecule has 0 bridgehead atoms. The van der Waals surface area contributed by atoms with Gasteiger partial charge in [0, 0.05) is 18.1 Å². The summed E-state index contributed by atoms with van der Waals surface area (Å²) in [6.07, 6.45) is 1.61. The summed E-state index contributed by atoms with van der Waals surface area (Å²) in [5.41, 5.74) is 0.975. The molecule has 5 rings (SSSR count). The zero-order valence-corrected chi connectivity index (χ0v) is 17.9. The maximum absolute atomic E-state index is 13.2. The predicted molar refractivity (Wildman–Crippen MR) is 111 cm³/mol. The van der Waals surface area contributed by atoms with Gasteiger partial charge in [0.15, 0.2) is 17.5 Å². The minimum atomic E-state index is -4.31. The van der Waals surface area contributed by atoms with Crippen molar-refractivity contribution < 1.29 is 13.2 Å². The van der Waals surface area contributed by atoms with E-state index in [1.165, 1.54) is 17.7 Å². The van der Waals surface area contributed by atoms with Crippen molar-refractivity contribution in [3.05, 3.63) is 36.1 Å². The number of H-pyrrole nitrogens is 1. The summed E-state index contributed by atoms with van der Waals surface area (Å²) in [5, 5.41) is 17.8. The molecule has 0 fully saturated rings. The number of halogens is 3. The second-order valence-corrected chi connectivity index (χ2v) is 8.46. The van der Waals surface area contributed by atoms with E-state index < -0.39 is 18.1 Å². The summed E-state index contributed by atoms with van der Waals surface area (Å²) in [6.45, 7) is 3.49. The van der Waals surface area contributed by atoms with Crippen molar-refractivity contribution in [1.82, 2.24) is 39.9 Å². The number of thiazole rings is 1. The third kappa shape index (κ3) is 3.23. The third-order valence-corrected chi connectivity index (χ3v) is 6.51. The van der Waals surface area contributed by atoms with Gasteiger partial charge in [-0.2, -0.15) is 18.3 Å². The Balaban J connectivity index is 1.66. The number of alkyl halides is 3. The van der Waals surface area contributed by atoms with Gasteiger partial charge in [-0.25, -0.2) is 15.0 Å². The molecule has 4 aromatic rings. The fourth-order valence-electron chi connectivity index (χ4n) is 3.90. The molecule has 1 aliphatic heterocycles. The van der Waals surface area contributed by atoms with Crippen molar-refractivity contribution in [3.8, 4) is 27.8 Å². The highest BCUT2D eigenvalue weighted by Gasteiger charge is 2.44. The topological polar surface area (TPSA) is 101 Å². The van der Waals surface area contributed by atoms with E-state index in [0.29, 0.717) is 45.8 Å². The molecule has 1 aliphatic rings. The average Bonchev–Trinajstić information content (AvgIpc) is 3.53. The van der Waals surface area contributed by atoms with Gasteiger partial charge in [0.1, 0.15) is 22.7 Å². The Hall–Kier alpha value is -3.35. The van der Waals surface area contributed by atoms with Crippen LogP contribution in [-0.4, -0.2) is 52.6 Å². The Morgan fingerprint density at radius 2 is 2.06 bits per heavy atom. The molecule has 1 unspecified atom stereocenters. The number of nitrogens with zero attached hydrogens (tertiary/aromatic N) is 8. The van der Waals surface area contributed by atoms with Crippen LogP contribution in [0.25, 0.3) is 27.8 Å². The fourth-order valence-corrected chi connectivity index (χ4v) is 4.55. The molecular weight excluding hydrogens is 443 g/mol. The van der Waals surface area contributed by atoms with Gasteiger partial charge in [-0.05, 0) is 13.3 Å². The summed E-state index contributed by atoms with van der Waals surface area (Å²) in [5.74, 6) is 1.29.